The molecule has 0 aliphatic carbocycles. The summed E-state index contributed by atoms with van der Waals surface area (Å²) in [6.45, 7) is 2.63. The number of benzene rings is 1. The summed E-state index contributed by atoms with van der Waals surface area (Å²) in [6.07, 6.45) is 3.99. The van der Waals surface area contributed by atoms with Crippen LogP contribution in [0, 0.1) is 6.92 Å². The molecule has 1 aliphatic rings. The van der Waals surface area contributed by atoms with Crippen LogP contribution in [0.15, 0.2) is 59.1 Å². The van der Waals surface area contributed by atoms with Crippen molar-refractivity contribution in [2.24, 2.45) is 0 Å². The molecule has 0 bridgehead atoms. The highest BCUT2D eigenvalue weighted by atomic mass is 16.4. The number of hydrogen-bond donors (Lipinski definition) is 0. The van der Waals surface area contributed by atoms with Crippen molar-refractivity contribution in [1.82, 2.24) is 14.9 Å². The third-order valence-corrected chi connectivity index (χ3v) is 4.83. The van der Waals surface area contributed by atoms with Gasteiger partial charge in [0.2, 0.25) is 11.8 Å². The van der Waals surface area contributed by atoms with E-state index in [0.717, 1.165) is 30.6 Å². The highest BCUT2D eigenvalue weighted by Gasteiger charge is 2.31. The zero-order chi connectivity index (χ0) is 17.9. The van der Waals surface area contributed by atoms with Crippen LogP contribution < -0.4 is 0 Å². The number of carbonyl (C=O) groups is 1. The fourth-order valence-corrected chi connectivity index (χ4v) is 3.49. The largest absolute Gasteiger partial charge is 0.441 e. The fourth-order valence-electron chi connectivity index (χ4n) is 3.49. The number of hydrogen-bond acceptors (Lipinski definition) is 4. The molecule has 0 N–H and O–H groups in total. The van der Waals surface area contributed by atoms with Gasteiger partial charge in [0.05, 0.1) is 23.9 Å². The van der Waals surface area contributed by atoms with Crippen molar-refractivity contribution < 1.29 is 9.21 Å². The molecule has 1 saturated heterocycles. The lowest BCUT2D eigenvalue weighted by Gasteiger charge is -2.24. The average Bonchev–Trinajstić information content (AvgIpc) is 3.31. The van der Waals surface area contributed by atoms with E-state index < -0.39 is 0 Å². The first kappa shape index (κ1) is 16.5. The highest BCUT2D eigenvalue weighted by Crippen LogP contribution is 2.31. The Hall–Kier alpha value is -2.95. The van der Waals surface area contributed by atoms with Gasteiger partial charge >= 0.3 is 0 Å². The Bertz CT molecular complexity index is 890. The third kappa shape index (κ3) is 3.25. The molecule has 5 nitrogen and oxygen atoms in total. The zero-order valence-electron chi connectivity index (χ0n) is 14.8. The molecule has 1 amide bonds. The van der Waals surface area contributed by atoms with E-state index in [4.69, 9.17) is 4.42 Å². The van der Waals surface area contributed by atoms with Crippen LogP contribution in [0.1, 0.15) is 36.0 Å². The normalized spacial score (nSPS) is 16.8. The summed E-state index contributed by atoms with van der Waals surface area (Å²) in [4.78, 5) is 23.8. The molecule has 1 aliphatic heterocycles. The van der Waals surface area contributed by atoms with Gasteiger partial charge in [0, 0.05) is 18.3 Å². The van der Waals surface area contributed by atoms with Crippen LogP contribution in [0.4, 0.5) is 0 Å². The van der Waals surface area contributed by atoms with Gasteiger partial charge in [0.1, 0.15) is 5.76 Å². The molecule has 1 atom stereocenters. The van der Waals surface area contributed by atoms with Crippen LogP contribution in [0.25, 0.3) is 11.5 Å². The maximum Gasteiger partial charge on any atom is 0.229 e. The number of carbonyl (C=O) groups excluding carboxylic acids is 1. The Balaban J connectivity index is 1.52. The number of nitrogens with zero attached hydrogens (tertiary/aromatic N) is 3. The van der Waals surface area contributed by atoms with Crippen LogP contribution in [0.5, 0.6) is 0 Å². The van der Waals surface area contributed by atoms with Gasteiger partial charge in [0.25, 0.3) is 0 Å². The lowest BCUT2D eigenvalue weighted by Crippen LogP contribution is -2.32. The molecule has 0 spiro atoms. The fraction of sp³-hybridized carbons (Fsp3) is 0.286. The average molecular weight is 347 g/mol. The zero-order valence-corrected chi connectivity index (χ0v) is 14.8. The lowest BCUT2D eigenvalue weighted by molar-refractivity contribution is -0.131. The monoisotopic (exact) mass is 347 g/mol. The van der Waals surface area contributed by atoms with Crippen LogP contribution >= 0.6 is 0 Å². The minimum Gasteiger partial charge on any atom is -0.441 e. The van der Waals surface area contributed by atoms with Crippen molar-refractivity contribution in [3.05, 3.63) is 71.9 Å². The Morgan fingerprint density at radius 3 is 2.77 bits per heavy atom. The second-order valence-corrected chi connectivity index (χ2v) is 6.56. The quantitative estimate of drug-likeness (QED) is 0.717. The molecule has 1 fully saturated rings. The Morgan fingerprint density at radius 2 is 2.00 bits per heavy atom. The maximum absolute atomic E-state index is 12.9. The van der Waals surface area contributed by atoms with E-state index in [9.17, 15) is 4.79 Å². The maximum atomic E-state index is 12.9. The molecular formula is C21H21N3O2. The number of aromatic nitrogens is 2. The van der Waals surface area contributed by atoms with Crippen molar-refractivity contribution in [2.75, 3.05) is 6.54 Å². The number of oxazole rings is 1. The van der Waals surface area contributed by atoms with E-state index in [2.05, 4.69) is 9.97 Å². The summed E-state index contributed by atoms with van der Waals surface area (Å²) in [5.41, 5.74) is 2.59. The summed E-state index contributed by atoms with van der Waals surface area (Å²) >= 11 is 0. The van der Waals surface area contributed by atoms with E-state index in [0.29, 0.717) is 17.3 Å². The topological polar surface area (TPSA) is 59.2 Å². The lowest BCUT2D eigenvalue weighted by atomic mass is 10.1. The summed E-state index contributed by atoms with van der Waals surface area (Å²) in [5, 5.41) is 0. The van der Waals surface area contributed by atoms with E-state index >= 15 is 0 Å². The predicted octanol–water partition coefficient (Wildman–Crippen LogP) is 3.95. The van der Waals surface area contributed by atoms with Crippen LogP contribution in [-0.4, -0.2) is 27.3 Å². The molecular weight excluding hydrogens is 326 g/mol. The minimum atomic E-state index is 0.0597. The van der Waals surface area contributed by atoms with Crippen molar-refractivity contribution >= 4 is 5.91 Å². The van der Waals surface area contributed by atoms with E-state index in [1.807, 2.05) is 60.4 Å². The number of aryl methyl sites for hydroxylation is 1. The molecule has 3 heterocycles. The summed E-state index contributed by atoms with van der Waals surface area (Å²) < 4.78 is 5.78. The first-order chi connectivity index (χ1) is 12.7. The Morgan fingerprint density at radius 1 is 1.19 bits per heavy atom. The molecule has 1 aromatic carbocycles. The summed E-state index contributed by atoms with van der Waals surface area (Å²) in [6, 6.07) is 15.7. The van der Waals surface area contributed by atoms with Crippen LogP contribution in [0.3, 0.4) is 0 Å². The number of amides is 1. The molecule has 5 heteroatoms. The standard InChI is InChI=1S/C21H21N3O2/c1-15-18(23-21(26-15)16-8-3-2-4-9-16)14-20(25)24-13-7-11-19(24)17-10-5-6-12-22-17/h2-6,8-10,12,19H,7,11,13-14H2,1H3/t19-/m1/s1. The van der Waals surface area contributed by atoms with Gasteiger partial charge in [-0.2, -0.15) is 0 Å². The minimum absolute atomic E-state index is 0.0597. The molecule has 0 radical (unpaired) electrons. The SMILES string of the molecule is Cc1oc(-c2ccccc2)nc1CC(=O)N1CCC[C@@H]1c1ccccn1. The molecule has 4 rings (SSSR count). The van der Waals surface area contributed by atoms with Crippen molar-refractivity contribution in [3.8, 4) is 11.5 Å². The first-order valence-corrected chi connectivity index (χ1v) is 8.94. The Kier molecular flexibility index (Phi) is 4.52. The Labute approximate surface area is 152 Å². The van der Waals surface area contributed by atoms with Gasteiger partial charge < -0.3 is 9.32 Å². The third-order valence-electron chi connectivity index (χ3n) is 4.83. The second-order valence-electron chi connectivity index (χ2n) is 6.56. The smallest absolute Gasteiger partial charge is 0.229 e. The number of likely N-dealkylation sites (tertiary alicyclic amines) is 1. The van der Waals surface area contributed by atoms with Gasteiger partial charge in [0.15, 0.2) is 0 Å². The van der Waals surface area contributed by atoms with E-state index in [1.54, 1.807) is 6.20 Å². The molecule has 0 saturated carbocycles. The summed E-state index contributed by atoms with van der Waals surface area (Å²) in [5.74, 6) is 1.34. The van der Waals surface area contributed by atoms with Gasteiger partial charge in [-0.15, -0.1) is 0 Å². The predicted molar refractivity (Wildman–Crippen MR) is 98.3 cm³/mol. The second kappa shape index (κ2) is 7.12. The van der Waals surface area contributed by atoms with Gasteiger partial charge in [-0.3, -0.25) is 9.78 Å². The molecule has 132 valence electrons. The number of rotatable bonds is 4. The first-order valence-electron chi connectivity index (χ1n) is 8.94. The van der Waals surface area contributed by atoms with E-state index in [-0.39, 0.29) is 18.4 Å². The van der Waals surface area contributed by atoms with Gasteiger partial charge in [-0.05, 0) is 44.0 Å². The highest BCUT2D eigenvalue weighted by molar-refractivity contribution is 5.79. The van der Waals surface area contributed by atoms with Crippen molar-refractivity contribution in [2.45, 2.75) is 32.2 Å². The summed E-state index contributed by atoms with van der Waals surface area (Å²) in [7, 11) is 0. The van der Waals surface area contributed by atoms with Gasteiger partial charge in [-0.1, -0.05) is 24.3 Å². The van der Waals surface area contributed by atoms with Crippen molar-refractivity contribution in [1.29, 1.82) is 0 Å². The molecule has 2 aromatic heterocycles. The van der Waals surface area contributed by atoms with Gasteiger partial charge in [-0.25, -0.2) is 4.98 Å². The number of pyridine rings is 1. The van der Waals surface area contributed by atoms with E-state index in [1.165, 1.54) is 0 Å². The van der Waals surface area contributed by atoms with Crippen molar-refractivity contribution in [3.63, 3.8) is 0 Å². The van der Waals surface area contributed by atoms with Crippen LogP contribution in [-0.2, 0) is 11.2 Å². The van der Waals surface area contributed by atoms with Crippen LogP contribution in [0.2, 0.25) is 0 Å². The molecule has 3 aromatic rings. The molecule has 26 heavy (non-hydrogen) atoms. The molecule has 0 unspecified atom stereocenters.